The van der Waals surface area contributed by atoms with E-state index in [4.69, 9.17) is 0 Å². The molecule has 8 nitrogen and oxygen atoms in total. The number of pyridine rings is 1. The van der Waals surface area contributed by atoms with Gasteiger partial charge in [0.2, 0.25) is 10.0 Å². The van der Waals surface area contributed by atoms with Crippen LogP contribution >= 0.6 is 0 Å². The molecule has 0 bridgehead atoms. The van der Waals surface area contributed by atoms with E-state index in [0.29, 0.717) is 24.0 Å². The lowest BCUT2D eigenvalue weighted by Crippen LogP contribution is -2.30. The molecular weight excluding hydrogens is 376 g/mol. The highest BCUT2D eigenvalue weighted by molar-refractivity contribution is 7.88. The van der Waals surface area contributed by atoms with E-state index in [1.165, 1.54) is 6.33 Å². The summed E-state index contributed by atoms with van der Waals surface area (Å²) in [6.45, 7) is 2.61. The van der Waals surface area contributed by atoms with Crippen LogP contribution in [0.4, 0.5) is 17.5 Å². The second kappa shape index (κ2) is 9.25. The van der Waals surface area contributed by atoms with Crippen molar-refractivity contribution in [2.24, 2.45) is 0 Å². The summed E-state index contributed by atoms with van der Waals surface area (Å²) in [6, 6.07) is 14.7. The number of aromatic nitrogens is 3. The van der Waals surface area contributed by atoms with Crippen molar-refractivity contribution in [3.8, 4) is 0 Å². The molecular formula is C19H22N6O2S. The summed E-state index contributed by atoms with van der Waals surface area (Å²) in [5.41, 5.74) is 1.85. The fourth-order valence-corrected chi connectivity index (χ4v) is 3.59. The first-order chi connectivity index (χ1) is 13.5. The third-order valence-corrected chi connectivity index (χ3v) is 5.18. The Hall–Kier alpha value is -3.04. The molecule has 0 aliphatic carbocycles. The molecule has 0 saturated heterocycles. The summed E-state index contributed by atoms with van der Waals surface area (Å²) in [7, 11) is -3.39. The predicted octanol–water partition coefficient (Wildman–Crippen LogP) is 2.46. The average molecular weight is 398 g/mol. The van der Waals surface area contributed by atoms with Crippen LogP contribution in [0, 0.1) is 6.92 Å². The highest BCUT2D eigenvalue weighted by atomic mass is 32.2. The third kappa shape index (κ3) is 6.29. The van der Waals surface area contributed by atoms with Crippen molar-refractivity contribution in [2.75, 3.05) is 23.7 Å². The Labute approximate surface area is 164 Å². The van der Waals surface area contributed by atoms with Crippen molar-refractivity contribution < 1.29 is 8.42 Å². The van der Waals surface area contributed by atoms with E-state index in [1.54, 1.807) is 12.3 Å². The van der Waals surface area contributed by atoms with Crippen LogP contribution in [0.5, 0.6) is 0 Å². The van der Waals surface area contributed by atoms with Gasteiger partial charge in [-0.1, -0.05) is 35.9 Å². The van der Waals surface area contributed by atoms with Gasteiger partial charge in [-0.15, -0.1) is 0 Å². The molecule has 0 unspecified atom stereocenters. The van der Waals surface area contributed by atoms with E-state index >= 15 is 0 Å². The maximum Gasteiger partial charge on any atom is 0.215 e. The molecule has 0 saturated carbocycles. The second-order valence-corrected chi connectivity index (χ2v) is 8.00. The molecule has 2 heterocycles. The molecule has 0 radical (unpaired) electrons. The minimum Gasteiger partial charge on any atom is -0.369 e. The molecule has 0 aliphatic rings. The Kier molecular flexibility index (Phi) is 6.51. The van der Waals surface area contributed by atoms with Gasteiger partial charge in [0.25, 0.3) is 0 Å². The molecule has 28 heavy (non-hydrogen) atoms. The first kappa shape index (κ1) is 19.7. The fourth-order valence-electron chi connectivity index (χ4n) is 2.44. The zero-order valence-corrected chi connectivity index (χ0v) is 16.3. The van der Waals surface area contributed by atoms with Crippen molar-refractivity contribution in [1.82, 2.24) is 19.7 Å². The number of sulfonamides is 1. The van der Waals surface area contributed by atoms with Crippen molar-refractivity contribution in [2.45, 2.75) is 12.7 Å². The number of aryl methyl sites for hydroxylation is 1. The van der Waals surface area contributed by atoms with E-state index in [0.717, 1.165) is 11.1 Å². The number of anilines is 3. The van der Waals surface area contributed by atoms with E-state index in [9.17, 15) is 8.42 Å². The molecule has 3 N–H and O–H groups in total. The van der Waals surface area contributed by atoms with Gasteiger partial charge in [0.1, 0.15) is 23.8 Å². The zero-order chi connectivity index (χ0) is 19.8. The van der Waals surface area contributed by atoms with Crippen LogP contribution < -0.4 is 15.4 Å². The minimum absolute atomic E-state index is 0.0427. The van der Waals surface area contributed by atoms with Gasteiger partial charge in [-0.3, -0.25) is 0 Å². The summed E-state index contributed by atoms with van der Waals surface area (Å²) in [4.78, 5) is 12.4. The summed E-state index contributed by atoms with van der Waals surface area (Å²) in [5.74, 6) is 1.82. The van der Waals surface area contributed by atoms with Gasteiger partial charge in [-0.25, -0.2) is 28.1 Å². The molecule has 0 spiro atoms. The first-order valence-electron chi connectivity index (χ1n) is 8.77. The lowest BCUT2D eigenvalue weighted by Gasteiger charge is -2.10. The number of benzene rings is 1. The van der Waals surface area contributed by atoms with Crippen LogP contribution in [0.2, 0.25) is 0 Å². The summed E-state index contributed by atoms with van der Waals surface area (Å²) in [5, 5.41) is 6.15. The molecule has 1 aromatic carbocycles. The average Bonchev–Trinajstić information content (AvgIpc) is 2.68. The van der Waals surface area contributed by atoms with Gasteiger partial charge in [-0.05, 0) is 24.6 Å². The number of hydrogen-bond donors (Lipinski definition) is 3. The second-order valence-electron chi connectivity index (χ2n) is 6.19. The maximum absolute atomic E-state index is 12.2. The minimum atomic E-state index is -3.39. The van der Waals surface area contributed by atoms with Crippen molar-refractivity contribution in [3.63, 3.8) is 0 Å². The Morgan fingerprint density at radius 1 is 0.893 bits per heavy atom. The Morgan fingerprint density at radius 2 is 1.68 bits per heavy atom. The van der Waals surface area contributed by atoms with E-state index in [1.807, 2.05) is 49.4 Å². The molecule has 3 aromatic rings. The first-order valence-corrected chi connectivity index (χ1v) is 10.4. The molecule has 146 valence electrons. The van der Waals surface area contributed by atoms with E-state index in [-0.39, 0.29) is 12.3 Å². The smallest absolute Gasteiger partial charge is 0.215 e. The van der Waals surface area contributed by atoms with Crippen molar-refractivity contribution in [1.29, 1.82) is 0 Å². The lowest BCUT2D eigenvalue weighted by atomic mass is 10.2. The van der Waals surface area contributed by atoms with Crippen LogP contribution in [0.25, 0.3) is 0 Å². The van der Waals surface area contributed by atoms with Gasteiger partial charge < -0.3 is 10.6 Å². The molecule has 0 amide bonds. The molecule has 3 rings (SSSR count). The lowest BCUT2D eigenvalue weighted by molar-refractivity contribution is 0.582. The molecule has 2 aromatic heterocycles. The van der Waals surface area contributed by atoms with Crippen LogP contribution in [0.15, 0.2) is 61.1 Å². The topological polar surface area (TPSA) is 109 Å². The van der Waals surface area contributed by atoms with E-state index < -0.39 is 10.0 Å². The highest BCUT2D eigenvalue weighted by Gasteiger charge is 2.10. The number of rotatable bonds is 9. The Morgan fingerprint density at radius 3 is 2.43 bits per heavy atom. The van der Waals surface area contributed by atoms with Crippen LogP contribution in [-0.4, -0.2) is 36.5 Å². The SMILES string of the molecule is Cc1ccc(CS(=O)(=O)NCCNc2cc(Nc3ccccn3)ncn2)cc1. The van der Waals surface area contributed by atoms with Gasteiger partial charge >= 0.3 is 0 Å². The largest absolute Gasteiger partial charge is 0.369 e. The monoisotopic (exact) mass is 398 g/mol. The number of nitrogens with zero attached hydrogens (tertiary/aromatic N) is 3. The quantitative estimate of drug-likeness (QED) is 0.475. The highest BCUT2D eigenvalue weighted by Crippen LogP contribution is 2.13. The Balaban J connectivity index is 1.47. The molecule has 0 aliphatic heterocycles. The van der Waals surface area contributed by atoms with Gasteiger partial charge in [0, 0.05) is 25.4 Å². The normalized spacial score (nSPS) is 11.2. The van der Waals surface area contributed by atoms with Gasteiger partial charge in [-0.2, -0.15) is 0 Å². The molecule has 9 heteroatoms. The van der Waals surface area contributed by atoms with Crippen LogP contribution in [-0.2, 0) is 15.8 Å². The van der Waals surface area contributed by atoms with Crippen molar-refractivity contribution in [3.05, 3.63) is 72.2 Å². The molecule has 0 fully saturated rings. The maximum atomic E-state index is 12.2. The molecule has 0 atom stereocenters. The fraction of sp³-hybridized carbons (Fsp3) is 0.211. The van der Waals surface area contributed by atoms with E-state index in [2.05, 4.69) is 30.3 Å². The summed E-state index contributed by atoms with van der Waals surface area (Å²) < 4.78 is 26.9. The Bertz CT molecular complexity index is 994. The zero-order valence-electron chi connectivity index (χ0n) is 15.5. The van der Waals surface area contributed by atoms with Crippen LogP contribution in [0.3, 0.4) is 0 Å². The summed E-state index contributed by atoms with van der Waals surface area (Å²) in [6.07, 6.45) is 3.11. The number of nitrogens with one attached hydrogen (secondary N) is 3. The summed E-state index contributed by atoms with van der Waals surface area (Å²) >= 11 is 0. The third-order valence-electron chi connectivity index (χ3n) is 3.82. The van der Waals surface area contributed by atoms with Gasteiger partial charge in [0.05, 0.1) is 5.75 Å². The predicted molar refractivity (Wildman–Crippen MR) is 110 cm³/mol. The van der Waals surface area contributed by atoms with Gasteiger partial charge in [0.15, 0.2) is 0 Å². The van der Waals surface area contributed by atoms with Crippen molar-refractivity contribution >= 4 is 27.5 Å². The number of hydrogen-bond acceptors (Lipinski definition) is 7. The standard InChI is InChI=1S/C19H22N6O2S/c1-15-5-7-16(8-6-15)13-28(26,27)24-11-10-21-18-12-19(23-14-22-18)25-17-4-2-3-9-20-17/h2-9,12,14,24H,10-11,13H2,1H3,(H2,20,21,22,23,25). The van der Waals surface area contributed by atoms with Crippen LogP contribution in [0.1, 0.15) is 11.1 Å².